The topological polar surface area (TPSA) is 66.9 Å². The fourth-order valence-electron chi connectivity index (χ4n) is 4.55. The highest BCUT2D eigenvalue weighted by Gasteiger charge is 2.35. The van der Waals surface area contributed by atoms with Crippen LogP contribution in [0.15, 0.2) is 41.3 Å². The van der Waals surface area contributed by atoms with Crippen molar-refractivity contribution in [1.82, 2.24) is 9.21 Å². The number of carbonyl (C=O) groups is 1. The third kappa shape index (κ3) is 5.90. The number of benzene rings is 2. The van der Waals surface area contributed by atoms with Crippen molar-refractivity contribution in [1.29, 1.82) is 0 Å². The first-order valence-electron chi connectivity index (χ1n) is 11.0. The van der Waals surface area contributed by atoms with Crippen LogP contribution in [0, 0.1) is 26.7 Å². The number of hydrogen-bond acceptors (Lipinski definition) is 4. The Morgan fingerprint density at radius 2 is 1.65 bits per heavy atom. The van der Waals surface area contributed by atoms with Gasteiger partial charge in [0.1, 0.15) is 5.75 Å². The molecule has 0 spiro atoms. The lowest BCUT2D eigenvalue weighted by Crippen LogP contribution is -2.43. The first kappa shape index (κ1) is 26.0. The Labute approximate surface area is 198 Å². The molecule has 1 aliphatic heterocycles. The molecule has 0 unspecified atom stereocenters. The van der Waals surface area contributed by atoms with Gasteiger partial charge in [-0.1, -0.05) is 35.9 Å². The Morgan fingerprint density at radius 3 is 2.21 bits per heavy atom. The van der Waals surface area contributed by atoms with Gasteiger partial charge in [-0.05, 0) is 50.8 Å². The second-order valence-corrected chi connectivity index (χ2v) is 10.6. The average Bonchev–Trinajstić information content (AvgIpc) is 2.72. The third-order valence-electron chi connectivity index (χ3n) is 5.99. The van der Waals surface area contributed by atoms with Gasteiger partial charge in [-0.2, -0.15) is 4.31 Å². The minimum atomic E-state index is -4.83. The van der Waals surface area contributed by atoms with E-state index in [9.17, 15) is 26.4 Å². The number of sulfonamides is 1. The number of hydrogen-bond donors (Lipinski definition) is 0. The maximum absolute atomic E-state index is 13.3. The number of rotatable bonds is 6. The molecule has 2 aromatic rings. The van der Waals surface area contributed by atoms with Crippen LogP contribution < -0.4 is 4.74 Å². The number of ether oxygens (including phenoxy) is 1. The highest BCUT2D eigenvalue weighted by atomic mass is 32.2. The second kappa shape index (κ2) is 9.95. The summed E-state index contributed by atoms with van der Waals surface area (Å²) in [6.45, 7) is 5.82. The summed E-state index contributed by atoms with van der Waals surface area (Å²) in [4.78, 5) is 14.6. The van der Waals surface area contributed by atoms with Crippen LogP contribution in [-0.4, -0.2) is 50.0 Å². The van der Waals surface area contributed by atoms with Gasteiger partial charge in [-0.3, -0.25) is 4.79 Å². The summed E-state index contributed by atoms with van der Waals surface area (Å²) in [6.07, 6.45) is -4.15. The van der Waals surface area contributed by atoms with Gasteiger partial charge in [0.05, 0.1) is 4.90 Å². The van der Waals surface area contributed by atoms with Crippen molar-refractivity contribution in [3.63, 3.8) is 0 Å². The number of para-hydroxylation sites is 1. The van der Waals surface area contributed by atoms with Crippen molar-refractivity contribution in [3.8, 4) is 5.75 Å². The van der Waals surface area contributed by atoms with Gasteiger partial charge in [0.25, 0.3) is 0 Å². The molecule has 186 valence electrons. The first-order valence-corrected chi connectivity index (χ1v) is 12.4. The molecule has 1 aliphatic rings. The maximum atomic E-state index is 13.3. The predicted octanol–water partition coefficient (Wildman–Crippen LogP) is 4.57. The van der Waals surface area contributed by atoms with Gasteiger partial charge in [-0.15, -0.1) is 13.2 Å². The molecule has 1 saturated heterocycles. The van der Waals surface area contributed by atoms with E-state index in [-0.39, 0.29) is 36.9 Å². The van der Waals surface area contributed by atoms with E-state index in [0.29, 0.717) is 28.9 Å². The summed E-state index contributed by atoms with van der Waals surface area (Å²) in [5.41, 5.74) is 2.61. The molecular formula is C24H29F3N2O4S. The van der Waals surface area contributed by atoms with Gasteiger partial charge in [-0.25, -0.2) is 8.42 Å². The lowest BCUT2D eigenvalue weighted by Gasteiger charge is -2.33. The van der Waals surface area contributed by atoms with Gasteiger partial charge in [0, 0.05) is 38.2 Å². The fraction of sp³-hybridized carbons (Fsp3) is 0.458. The van der Waals surface area contributed by atoms with Crippen LogP contribution in [-0.2, 0) is 21.4 Å². The Balaban J connectivity index is 1.66. The van der Waals surface area contributed by atoms with Gasteiger partial charge >= 0.3 is 6.36 Å². The number of carbonyl (C=O) groups excluding carboxylic acids is 1. The Kier molecular flexibility index (Phi) is 7.62. The zero-order valence-electron chi connectivity index (χ0n) is 19.6. The van der Waals surface area contributed by atoms with E-state index in [4.69, 9.17) is 0 Å². The largest absolute Gasteiger partial charge is 0.573 e. The number of alkyl halides is 3. The lowest BCUT2D eigenvalue weighted by molar-refractivity contribution is -0.275. The van der Waals surface area contributed by atoms with Gasteiger partial charge < -0.3 is 9.64 Å². The Morgan fingerprint density at radius 1 is 1.09 bits per heavy atom. The molecule has 2 aromatic carbocycles. The van der Waals surface area contributed by atoms with Crippen molar-refractivity contribution in [2.24, 2.45) is 5.92 Å². The SMILES string of the molecule is Cc1cc(C)c(S(=O)(=O)N2CCC(C(=O)N(C)Cc3ccccc3OC(F)(F)F)CC2)c(C)c1. The highest BCUT2D eigenvalue weighted by molar-refractivity contribution is 7.89. The van der Waals surface area contributed by atoms with Crippen molar-refractivity contribution in [2.75, 3.05) is 20.1 Å². The Hall–Kier alpha value is -2.59. The first-order chi connectivity index (χ1) is 15.8. The molecule has 0 atom stereocenters. The molecule has 34 heavy (non-hydrogen) atoms. The Bertz CT molecular complexity index is 1130. The number of nitrogens with zero attached hydrogens (tertiary/aromatic N) is 2. The van der Waals surface area contributed by atoms with Gasteiger partial charge in [0.2, 0.25) is 15.9 Å². The molecule has 0 bridgehead atoms. The van der Waals surface area contributed by atoms with E-state index in [0.717, 1.165) is 5.56 Å². The minimum absolute atomic E-state index is 0.0502. The lowest BCUT2D eigenvalue weighted by atomic mass is 9.96. The molecule has 0 saturated carbocycles. The van der Waals surface area contributed by atoms with Crippen LogP contribution in [0.25, 0.3) is 0 Å². The maximum Gasteiger partial charge on any atom is 0.573 e. The summed E-state index contributed by atoms with van der Waals surface area (Å²) < 4.78 is 70.0. The predicted molar refractivity (Wildman–Crippen MR) is 122 cm³/mol. The molecule has 0 aliphatic carbocycles. The molecular weight excluding hydrogens is 469 g/mol. The van der Waals surface area contributed by atoms with Gasteiger partial charge in [0.15, 0.2) is 0 Å². The van der Waals surface area contributed by atoms with Crippen molar-refractivity contribution in [2.45, 2.75) is 51.4 Å². The fourth-order valence-corrected chi connectivity index (χ4v) is 6.43. The summed E-state index contributed by atoms with van der Waals surface area (Å²) in [5, 5.41) is 0. The summed E-state index contributed by atoms with van der Waals surface area (Å²) in [7, 11) is -2.17. The standard InChI is InChI=1S/C24H29F3N2O4S/c1-16-13-17(2)22(18(3)14-16)34(31,32)29-11-9-19(10-12-29)23(30)28(4)15-20-7-5-6-8-21(20)33-24(25,26)27/h5-8,13-14,19H,9-12,15H2,1-4H3. The van der Waals surface area contributed by atoms with Crippen molar-refractivity contribution >= 4 is 15.9 Å². The van der Waals surface area contributed by atoms with Crippen LogP contribution in [0.2, 0.25) is 0 Å². The number of aryl methyl sites for hydroxylation is 3. The van der Waals surface area contributed by atoms with Crippen LogP contribution in [0.4, 0.5) is 13.2 Å². The average molecular weight is 499 g/mol. The number of piperidine rings is 1. The molecule has 0 aromatic heterocycles. The minimum Gasteiger partial charge on any atom is -0.405 e. The molecule has 3 rings (SSSR count). The summed E-state index contributed by atoms with van der Waals surface area (Å²) in [6, 6.07) is 9.37. The van der Waals surface area contributed by atoms with Crippen molar-refractivity contribution < 1.29 is 31.1 Å². The smallest absolute Gasteiger partial charge is 0.405 e. The molecule has 0 N–H and O–H groups in total. The van der Waals surface area contributed by atoms with Crippen LogP contribution in [0.5, 0.6) is 5.75 Å². The van der Waals surface area contributed by atoms with E-state index < -0.39 is 22.3 Å². The zero-order valence-corrected chi connectivity index (χ0v) is 20.5. The van der Waals surface area contributed by atoms with E-state index in [2.05, 4.69) is 4.74 Å². The molecule has 1 heterocycles. The summed E-state index contributed by atoms with van der Waals surface area (Å²) in [5.74, 6) is -0.992. The number of amides is 1. The highest BCUT2D eigenvalue weighted by Crippen LogP contribution is 2.31. The van der Waals surface area contributed by atoms with Crippen LogP contribution >= 0.6 is 0 Å². The van der Waals surface area contributed by atoms with Crippen molar-refractivity contribution in [3.05, 3.63) is 58.7 Å². The van der Waals surface area contributed by atoms with Crippen LogP contribution in [0.3, 0.4) is 0 Å². The third-order valence-corrected chi connectivity index (χ3v) is 8.19. The van der Waals surface area contributed by atoms with E-state index in [1.807, 2.05) is 19.1 Å². The second-order valence-electron chi connectivity index (χ2n) is 8.76. The zero-order chi connectivity index (χ0) is 25.3. The number of halogens is 3. The normalized spacial score (nSPS) is 15.9. The monoisotopic (exact) mass is 498 g/mol. The molecule has 6 nitrogen and oxygen atoms in total. The molecule has 0 radical (unpaired) electrons. The molecule has 10 heteroatoms. The van der Waals surface area contributed by atoms with Crippen LogP contribution in [0.1, 0.15) is 35.1 Å². The quantitative estimate of drug-likeness (QED) is 0.585. The summed E-state index contributed by atoms with van der Waals surface area (Å²) >= 11 is 0. The molecule has 1 amide bonds. The van der Waals surface area contributed by atoms with E-state index in [1.165, 1.54) is 34.5 Å². The van der Waals surface area contributed by atoms with E-state index >= 15 is 0 Å². The van der Waals surface area contributed by atoms with E-state index in [1.54, 1.807) is 19.9 Å². The molecule has 1 fully saturated rings.